The van der Waals surface area contributed by atoms with E-state index in [1.54, 1.807) is 12.1 Å². The van der Waals surface area contributed by atoms with Gasteiger partial charge in [0.05, 0.1) is 13.7 Å². The Hall–Kier alpha value is -1.74. The molecular weight excluding hydrogens is 363 g/mol. The zero-order chi connectivity index (χ0) is 20.0. The lowest BCUT2D eigenvalue weighted by Gasteiger charge is -2.25. The van der Waals surface area contributed by atoms with Crippen LogP contribution in [0.3, 0.4) is 0 Å². The van der Waals surface area contributed by atoms with Gasteiger partial charge in [0.2, 0.25) is 0 Å². The van der Waals surface area contributed by atoms with Gasteiger partial charge in [-0.1, -0.05) is 51.4 Å². The van der Waals surface area contributed by atoms with Gasteiger partial charge in [-0.25, -0.2) is 4.39 Å². The summed E-state index contributed by atoms with van der Waals surface area (Å²) in [5, 5.41) is 0.758. The van der Waals surface area contributed by atoms with Crippen LogP contribution in [0.1, 0.15) is 45.2 Å². The van der Waals surface area contributed by atoms with Crippen LogP contribution in [-0.2, 0) is 12.8 Å². The molecule has 2 aromatic rings. The largest absolute Gasteiger partial charge is 0.494 e. The number of benzene rings is 2. The van der Waals surface area contributed by atoms with Gasteiger partial charge < -0.3 is 9.47 Å². The average molecular weight is 393 g/mol. The Bertz CT molecular complexity index is 756. The fourth-order valence-corrected chi connectivity index (χ4v) is 3.38. The van der Waals surface area contributed by atoms with Gasteiger partial charge in [0.1, 0.15) is 5.75 Å². The molecule has 0 saturated heterocycles. The summed E-state index contributed by atoms with van der Waals surface area (Å²) in [5.74, 6) is 1.31. The number of methoxy groups -OCH3 is 1. The Balaban J connectivity index is 1.89. The van der Waals surface area contributed by atoms with Crippen molar-refractivity contribution in [3.8, 4) is 11.5 Å². The van der Waals surface area contributed by atoms with Crippen LogP contribution in [0, 0.1) is 17.2 Å². The smallest absolute Gasteiger partial charge is 0.165 e. The van der Waals surface area contributed by atoms with Crippen molar-refractivity contribution in [1.29, 1.82) is 0 Å². The van der Waals surface area contributed by atoms with Crippen LogP contribution in [0.25, 0.3) is 0 Å². The molecular formula is C23H30ClFO2. The molecule has 0 amide bonds. The molecule has 0 spiro atoms. The van der Waals surface area contributed by atoms with Gasteiger partial charge in [-0.2, -0.15) is 0 Å². The van der Waals surface area contributed by atoms with Gasteiger partial charge >= 0.3 is 0 Å². The van der Waals surface area contributed by atoms with Gasteiger partial charge in [-0.05, 0) is 66.0 Å². The Morgan fingerprint density at radius 2 is 1.85 bits per heavy atom. The summed E-state index contributed by atoms with van der Waals surface area (Å²) in [4.78, 5) is 0. The van der Waals surface area contributed by atoms with Crippen molar-refractivity contribution in [1.82, 2.24) is 0 Å². The summed E-state index contributed by atoms with van der Waals surface area (Å²) in [6.07, 6.45) is 2.59. The molecule has 0 aromatic heterocycles. The van der Waals surface area contributed by atoms with Crippen LogP contribution in [0.2, 0.25) is 5.02 Å². The van der Waals surface area contributed by atoms with Crippen molar-refractivity contribution >= 4 is 11.6 Å². The predicted molar refractivity (Wildman–Crippen MR) is 111 cm³/mol. The van der Waals surface area contributed by atoms with E-state index in [-0.39, 0.29) is 17.0 Å². The molecule has 0 aliphatic rings. The van der Waals surface area contributed by atoms with Gasteiger partial charge in [0.25, 0.3) is 0 Å². The van der Waals surface area contributed by atoms with Gasteiger partial charge in [-0.15, -0.1) is 0 Å². The topological polar surface area (TPSA) is 18.5 Å². The van der Waals surface area contributed by atoms with Gasteiger partial charge in [0.15, 0.2) is 11.6 Å². The highest BCUT2D eigenvalue weighted by molar-refractivity contribution is 6.31. The molecule has 2 aromatic carbocycles. The number of hydrogen-bond acceptors (Lipinski definition) is 2. The van der Waals surface area contributed by atoms with Crippen molar-refractivity contribution in [2.24, 2.45) is 11.3 Å². The van der Waals surface area contributed by atoms with Crippen LogP contribution in [0.5, 0.6) is 11.5 Å². The first-order valence-electron chi connectivity index (χ1n) is 9.44. The molecule has 0 fully saturated rings. The van der Waals surface area contributed by atoms with Crippen LogP contribution in [0.4, 0.5) is 4.39 Å². The monoisotopic (exact) mass is 392 g/mol. The maximum Gasteiger partial charge on any atom is 0.165 e. The van der Waals surface area contributed by atoms with Gasteiger partial charge in [0, 0.05) is 5.02 Å². The van der Waals surface area contributed by atoms with E-state index < -0.39 is 0 Å². The van der Waals surface area contributed by atoms with E-state index >= 15 is 0 Å². The molecule has 4 heteroatoms. The summed E-state index contributed by atoms with van der Waals surface area (Å²) in [7, 11) is 1.47. The number of ether oxygens (including phenoxy) is 2. The first-order chi connectivity index (χ1) is 12.7. The van der Waals surface area contributed by atoms with Crippen molar-refractivity contribution in [2.45, 2.75) is 47.0 Å². The van der Waals surface area contributed by atoms with Crippen LogP contribution >= 0.6 is 11.6 Å². The lowest BCUT2D eigenvalue weighted by Crippen LogP contribution is -2.19. The molecule has 2 nitrogen and oxygen atoms in total. The third-order valence-electron chi connectivity index (χ3n) is 4.60. The molecule has 0 atom stereocenters. The lowest BCUT2D eigenvalue weighted by atomic mass is 9.83. The second-order valence-corrected chi connectivity index (χ2v) is 8.67. The zero-order valence-corrected chi connectivity index (χ0v) is 17.7. The summed E-state index contributed by atoms with van der Waals surface area (Å²) in [6.45, 7) is 9.27. The maximum atomic E-state index is 13.9. The molecule has 0 heterocycles. The summed E-state index contributed by atoms with van der Waals surface area (Å²) in [6, 6.07) is 11.1. The minimum absolute atomic E-state index is 0.0115. The number of halogens is 2. The molecule has 0 bridgehead atoms. The average Bonchev–Trinajstić information content (AvgIpc) is 2.56. The Morgan fingerprint density at radius 1 is 1.11 bits per heavy atom. The highest BCUT2D eigenvalue weighted by Gasteiger charge is 2.20. The normalized spacial score (nSPS) is 11.7. The van der Waals surface area contributed by atoms with Crippen molar-refractivity contribution in [2.75, 3.05) is 13.7 Å². The standard InChI is InChI=1S/C23H30ClFO2/c1-16(2)12-18-7-8-19(14-20(18)24)27-11-10-23(3,4)15-17-6-9-22(26-5)21(25)13-17/h6-9,13-14,16H,10-12,15H2,1-5H3. The molecule has 0 saturated carbocycles. The van der Waals surface area contributed by atoms with E-state index in [0.29, 0.717) is 12.5 Å². The molecule has 2 rings (SSSR count). The molecule has 0 aliphatic heterocycles. The zero-order valence-electron chi connectivity index (χ0n) is 16.9. The summed E-state index contributed by atoms with van der Waals surface area (Å²) in [5.41, 5.74) is 2.10. The first-order valence-corrected chi connectivity index (χ1v) is 9.81. The van der Waals surface area contributed by atoms with E-state index in [0.717, 1.165) is 41.2 Å². The van der Waals surface area contributed by atoms with Crippen LogP contribution < -0.4 is 9.47 Å². The Labute approximate surface area is 167 Å². The molecule has 0 unspecified atom stereocenters. The minimum atomic E-state index is -0.321. The van der Waals surface area contributed by atoms with Crippen molar-refractivity contribution in [3.63, 3.8) is 0 Å². The van der Waals surface area contributed by atoms with E-state index in [4.69, 9.17) is 21.1 Å². The highest BCUT2D eigenvalue weighted by Crippen LogP contribution is 2.29. The molecule has 0 radical (unpaired) electrons. The van der Waals surface area contributed by atoms with E-state index in [1.165, 1.54) is 7.11 Å². The Kier molecular flexibility index (Phi) is 7.55. The quantitative estimate of drug-likeness (QED) is 0.471. The highest BCUT2D eigenvalue weighted by atomic mass is 35.5. The van der Waals surface area contributed by atoms with E-state index in [9.17, 15) is 4.39 Å². The Morgan fingerprint density at radius 3 is 2.44 bits per heavy atom. The molecule has 27 heavy (non-hydrogen) atoms. The third-order valence-corrected chi connectivity index (χ3v) is 4.95. The maximum absolute atomic E-state index is 13.9. The lowest BCUT2D eigenvalue weighted by molar-refractivity contribution is 0.227. The second-order valence-electron chi connectivity index (χ2n) is 8.26. The number of hydrogen-bond donors (Lipinski definition) is 0. The van der Waals surface area contributed by atoms with Crippen molar-refractivity contribution < 1.29 is 13.9 Å². The second kappa shape index (κ2) is 9.45. The SMILES string of the molecule is COc1ccc(CC(C)(C)CCOc2ccc(CC(C)C)c(Cl)c2)cc1F. The first kappa shape index (κ1) is 21.6. The summed E-state index contributed by atoms with van der Waals surface area (Å²) >= 11 is 6.36. The molecule has 148 valence electrons. The fourth-order valence-electron chi connectivity index (χ4n) is 3.13. The minimum Gasteiger partial charge on any atom is -0.494 e. The molecule has 0 N–H and O–H groups in total. The van der Waals surface area contributed by atoms with Crippen LogP contribution in [0.15, 0.2) is 36.4 Å². The van der Waals surface area contributed by atoms with Gasteiger partial charge in [-0.3, -0.25) is 0 Å². The van der Waals surface area contributed by atoms with E-state index in [2.05, 4.69) is 27.7 Å². The summed E-state index contributed by atoms with van der Waals surface area (Å²) < 4.78 is 24.8. The molecule has 0 aliphatic carbocycles. The van der Waals surface area contributed by atoms with Crippen LogP contribution in [-0.4, -0.2) is 13.7 Å². The van der Waals surface area contributed by atoms with E-state index in [1.807, 2.05) is 24.3 Å². The fraction of sp³-hybridized carbons (Fsp3) is 0.478. The van der Waals surface area contributed by atoms with Crippen molar-refractivity contribution in [3.05, 3.63) is 58.4 Å². The third kappa shape index (κ3) is 6.73. The number of rotatable bonds is 9. The predicted octanol–water partition coefficient (Wildman–Crippen LogP) is 6.72.